The van der Waals surface area contributed by atoms with Crippen molar-refractivity contribution in [1.29, 1.82) is 0 Å². The fourth-order valence-electron chi connectivity index (χ4n) is 4.63. The lowest BCUT2D eigenvalue weighted by atomic mass is 9.90. The van der Waals surface area contributed by atoms with Crippen LogP contribution in [0.15, 0.2) is 72.8 Å². The van der Waals surface area contributed by atoms with Gasteiger partial charge >= 0.3 is 5.97 Å². The van der Waals surface area contributed by atoms with Gasteiger partial charge in [-0.25, -0.2) is 9.97 Å². The standard InChI is InChI=1S/C28H27N3O4/c1-18-11-12-22-24(15-18)29-26(23-9-5-6-10-25(23)33)30-27(22)31-14-13-19(16-20(31)17-32)28(34)35-21-7-3-2-4-8-21/h2-12,15,19-20,32-33H,13-14,16-17H2,1H3. The second-order valence-corrected chi connectivity index (χ2v) is 8.89. The number of piperidine rings is 1. The van der Waals surface area contributed by atoms with E-state index in [0.29, 0.717) is 42.3 Å². The van der Waals surface area contributed by atoms with Crippen LogP contribution in [0.1, 0.15) is 18.4 Å². The van der Waals surface area contributed by atoms with Gasteiger partial charge in [0.15, 0.2) is 5.82 Å². The molecule has 1 aliphatic rings. The van der Waals surface area contributed by atoms with Crippen LogP contribution in [0.25, 0.3) is 22.3 Å². The lowest BCUT2D eigenvalue weighted by Crippen LogP contribution is -2.47. The number of phenols is 1. The molecule has 1 saturated heterocycles. The number of rotatable bonds is 5. The molecular weight excluding hydrogens is 442 g/mol. The summed E-state index contributed by atoms with van der Waals surface area (Å²) >= 11 is 0. The number of esters is 1. The predicted molar refractivity (Wildman–Crippen MR) is 134 cm³/mol. The highest BCUT2D eigenvalue weighted by atomic mass is 16.5. The van der Waals surface area contributed by atoms with Gasteiger partial charge in [0.25, 0.3) is 0 Å². The van der Waals surface area contributed by atoms with Crippen molar-refractivity contribution in [2.45, 2.75) is 25.8 Å². The van der Waals surface area contributed by atoms with Crippen LogP contribution in [0.2, 0.25) is 0 Å². The van der Waals surface area contributed by atoms with Crippen LogP contribution in [0.4, 0.5) is 5.82 Å². The van der Waals surface area contributed by atoms with Crippen LogP contribution >= 0.6 is 0 Å². The molecule has 4 aromatic rings. The second kappa shape index (κ2) is 9.72. The summed E-state index contributed by atoms with van der Waals surface area (Å²) in [6.07, 6.45) is 1.02. The number of carbonyl (C=O) groups is 1. The Labute approximate surface area is 203 Å². The van der Waals surface area contributed by atoms with Crippen LogP contribution < -0.4 is 9.64 Å². The van der Waals surface area contributed by atoms with E-state index in [-0.39, 0.29) is 30.3 Å². The number of aryl methyl sites for hydroxylation is 1. The molecule has 3 aromatic carbocycles. The quantitative estimate of drug-likeness (QED) is 0.328. The molecular formula is C28H27N3O4. The number of ether oxygens (including phenoxy) is 1. The highest BCUT2D eigenvalue weighted by Gasteiger charge is 2.35. The Morgan fingerprint density at radius 1 is 1.06 bits per heavy atom. The van der Waals surface area contributed by atoms with E-state index in [0.717, 1.165) is 16.5 Å². The van der Waals surface area contributed by atoms with Gasteiger partial charge in [-0.3, -0.25) is 4.79 Å². The molecule has 1 aromatic heterocycles. The van der Waals surface area contributed by atoms with Crippen LogP contribution in [0, 0.1) is 12.8 Å². The Balaban J connectivity index is 1.48. The third kappa shape index (κ3) is 4.68. The Morgan fingerprint density at radius 3 is 2.60 bits per heavy atom. The van der Waals surface area contributed by atoms with Crippen LogP contribution in [0.5, 0.6) is 11.5 Å². The number of nitrogens with zero attached hydrogens (tertiary/aromatic N) is 3. The maximum atomic E-state index is 12.8. The maximum Gasteiger partial charge on any atom is 0.314 e. The normalized spacial score (nSPS) is 17.9. The van der Waals surface area contributed by atoms with E-state index in [9.17, 15) is 15.0 Å². The molecule has 0 aliphatic carbocycles. The molecule has 7 heteroatoms. The van der Waals surface area contributed by atoms with Gasteiger partial charge in [0.05, 0.1) is 29.6 Å². The van der Waals surface area contributed by atoms with Crippen molar-refractivity contribution < 1.29 is 19.7 Å². The third-order valence-corrected chi connectivity index (χ3v) is 6.47. The topological polar surface area (TPSA) is 95.8 Å². The minimum Gasteiger partial charge on any atom is -0.507 e. The van der Waals surface area contributed by atoms with Crippen molar-refractivity contribution in [3.63, 3.8) is 0 Å². The number of phenolic OH excluding ortho intramolecular Hbond substituents is 1. The number of fused-ring (bicyclic) bond motifs is 1. The number of aliphatic hydroxyl groups excluding tert-OH is 1. The number of hydrogen-bond donors (Lipinski definition) is 2. The van der Waals surface area contributed by atoms with Crippen molar-refractivity contribution in [2.75, 3.05) is 18.1 Å². The zero-order valence-corrected chi connectivity index (χ0v) is 19.5. The molecule has 0 radical (unpaired) electrons. The summed E-state index contributed by atoms with van der Waals surface area (Å²) < 4.78 is 5.57. The second-order valence-electron chi connectivity index (χ2n) is 8.89. The molecule has 7 nitrogen and oxygen atoms in total. The van der Waals surface area contributed by atoms with E-state index in [1.165, 1.54) is 0 Å². The van der Waals surface area contributed by atoms with Crippen LogP contribution in [-0.2, 0) is 4.79 Å². The average molecular weight is 470 g/mol. The Hall–Kier alpha value is -3.97. The van der Waals surface area contributed by atoms with E-state index in [2.05, 4.69) is 4.90 Å². The van der Waals surface area contributed by atoms with Gasteiger partial charge < -0.3 is 19.8 Å². The zero-order chi connectivity index (χ0) is 24.4. The van der Waals surface area contributed by atoms with E-state index in [1.807, 2.05) is 49.4 Å². The summed E-state index contributed by atoms with van der Waals surface area (Å²) in [6, 6.07) is 21.7. The highest BCUT2D eigenvalue weighted by Crippen LogP contribution is 2.35. The SMILES string of the molecule is Cc1ccc2c(N3CCC(C(=O)Oc4ccccc4)CC3CO)nc(-c3ccccc3O)nc2c1. The molecule has 1 fully saturated rings. The van der Waals surface area contributed by atoms with E-state index in [4.69, 9.17) is 14.7 Å². The van der Waals surface area contributed by atoms with Crippen molar-refractivity contribution >= 4 is 22.7 Å². The van der Waals surface area contributed by atoms with Gasteiger partial charge in [-0.05, 0) is 61.7 Å². The summed E-state index contributed by atoms with van der Waals surface area (Å²) in [7, 11) is 0. The molecule has 35 heavy (non-hydrogen) atoms. The smallest absolute Gasteiger partial charge is 0.314 e. The molecule has 5 rings (SSSR count). The van der Waals surface area contributed by atoms with Gasteiger partial charge in [-0.15, -0.1) is 0 Å². The molecule has 2 heterocycles. The number of aliphatic hydroxyl groups is 1. The summed E-state index contributed by atoms with van der Waals surface area (Å²) in [4.78, 5) is 24.5. The van der Waals surface area contributed by atoms with Crippen LogP contribution in [-0.4, -0.2) is 45.3 Å². The first-order valence-corrected chi connectivity index (χ1v) is 11.7. The molecule has 0 spiro atoms. The maximum absolute atomic E-state index is 12.8. The summed E-state index contributed by atoms with van der Waals surface area (Å²) in [5.41, 5.74) is 2.36. The van der Waals surface area contributed by atoms with Crippen molar-refractivity contribution in [3.05, 3.63) is 78.4 Å². The summed E-state index contributed by atoms with van der Waals surface area (Å²) in [5, 5.41) is 21.6. The number of anilines is 1. The molecule has 178 valence electrons. The third-order valence-electron chi connectivity index (χ3n) is 6.47. The Bertz CT molecular complexity index is 1360. The number of carbonyl (C=O) groups excluding carboxylic acids is 1. The first-order chi connectivity index (χ1) is 17.0. The average Bonchev–Trinajstić information content (AvgIpc) is 2.88. The number of para-hydroxylation sites is 2. The monoisotopic (exact) mass is 469 g/mol. The fraction of sp³-hybridized carbons (Fsp3) is 0.250. The number of benzene rings is 3. The summed E-state index contributed by atoms with van der Waals surface area (Å²) in [5.74, 6) is 1.11. The van der Waals surface area contributed by atoms with E-state index < -0.39 is 0 Å². The Morgan fingerprint density at radius 2 is 1.83 bits per heavy atom. The van der Waals surface area contributed by atoms with Crippen molar-refractivity contribution in [3.8, 4) is 22.9 Å². The van der Waals surface area contributed by atoms with Gasteiger partial charge in [0, 0.05) is 11.9 Å². The van der Waals surface area contributed by atoms with E-state index >= 15 is 0 Å². The minimum absolute atomic E-state index is 0.103. The van der Waals surface area contributed by atoms with Crippen molar-refractivity contribution in [2.24, 2.45) is 5.92 Å². The molecule has 2 unspecified atom stereocenters. The van der Waals surface area contributed by atoms with Crippen LogP contribution in [0.3, 0.4) is 0 Å². The summed E-state index contributed by atoms with van der Waals surface area (Å²) in [6.45, 7) is 2.40. The van der Waals surface area contributed by atoms with Gasteiger partial charge in [-0.1, -0.05) is 36.4 Å². The van der Waals surface area contributed by atoms with Gasteiger partial charge in [0.2, 0.25) is 0 Å². The number of aromatic hydroxyl groups is 1. The van der Waals surface area contributed by atoms with Gasteiger partial charge in [0.1, 0.15) is 17.3 Å². The van der Waals surface area contributed by atoms with Crippen molar-refractivity contribution in [1.82, 2.24) is 9.97 Å². The molecule has 0 bridgehead atoms. The number of hydrogen-bond acceptors (Lipinski definition) is 7. The van der Waals surface area contributed by atoms with Gasteiger partial charge in [-0.2, -0.15) is 0 Å². The molecule has 0 saturated carbocycles. The predicted octanol–water partition coefficient (Wildman–Crippen LogP) is 4.49. The lowest BCUT2D eigenvalue weighted by Gasteiger charge is -2.39. The molecule has 0 amide bonds. The first-order valence-electron chi connectivity index (χ1n) is 11.7. The Kier molecular flexibility index (Phi) is 6.33. The lowest BCUT2D eigenvalue weighted by molar-refractivity contribution is -0.140. The van der Waals surface area contributed by atoms with E-state index in [1.54, 1.807) is 30.3 Å². The molecule has 2 atom stereocenters. The first kappa shape index (κ1) is 22.8. The molecule has 1 aliphatic heterocycles. The minimum atomic E-state index is -0.323. The number of aromatic nitrogens is 2. The largest absolute Gasteiger partial charge is 0.507 e. The molecule has 2 N–H and O–H groups in total. The highest BCUT2D eigenvalue weighted by molar-refractivity contribution is 5.92. The fourth-order valence-corrected chi connectivity index (χ4v) is 4.63. The zero-order valence-electron chi connectivity index (χ0n) is 19.5.